The van der Waals surface area contributed by atoms with Gasteiger partial charge in [0.1, 0.15) is 5.03 Å². The Morgan fingerprint density at radius 2 is 1.73 bits per heavy atom. The predicted octanol–water partition coefficient (Wildman–Crippen LogP) is 4.70. The Hall–Kier alpha value is -3.19. The van der Waals surface area contributed by atoms with Crippen LogP contribution < -0.4 is 15.1 Å². The van der Waals surface area contributed by atoms with Crippen molar-refractivity contribution in [3.8, 4) is 0 Å². The summed E-state index contributed by atoms with van der Waals surface area (Å²) in [5.74, 6) is -0.0195. The highest BCUT2D eigenvalue weighted by molar-refractivity contribution is 7.84. The highest BCUT2D eigenvalue weighted by Gasteiger charge is 2.19. The Morgan fingerprint density at radius 1 is 1.00 bits per heavy atom. The normalized spacial score (nSPS) is 14.5. The summed E-state index contributed by atoms with van der Waals surface area (Å²) in [4.78, 5) is 21.7. The molecule has 2 aromatic carbocycles. The van der Waals surface area contributed by atoms with E-state index < -0.39 is 10.8 Å². The molecule has 6 nitrogen and oxygen atoms in total. The van der Waals surface area contributed by atoms with E-state index in [4.69, 9.17) is 0 Å². The lowest BCUT2D eigenvalue weighted by Crippen LogP contribution is -2.29. The zero-order chi connectivity index (χ0) is 23.2. The number of amides is 1. The standard InChI is InChI=1S/C26H30N4O2S/c1-29(2)24-11-5-4-9-20(24)19-33(32)26-23(10-8-16-27-26)25(31)28-21-12-14-22(15-13-21)30-17-6-3-7-18-30/h4-5,8-16H,3,6-7,17-19H2,1-2H3,(H,28,31). The quantitative estimate of drug-likeness (QED) is 0.551. The lowest BCUT2D eigenvalue weighted by atomic mass is 10.1. The SMILES string of the molecule is CN(C)c1ccccc1CS(=O)c1ncccc1C(=O)Nc1ccc(N2CCCCC2)cc1. The number of hydrogen-bond donors (Lipinski definition) is 1. The first-order valence-electron chi connectivity index (χ1n) is 11.3. The lowest BCUT2D eigenvalue weighted by molar-refractivity contribution is 0.102. The van der Waals surface area contributed by atoms with Crippen LogP contribution in [0.4, 0.5) is 17.1 Å². The number of carbonyl (C=O) groups is 1. The van der Waals surface area contributed by atoms with E-state index in [9.17, 15) is 9.00 Å². The molecule has 1 N–H and O–H groups in total. The molecule has 33 heavy (non-hydrogen) atoms. The van der Waals surface area contributed by atoms with Crippen molar-refractivity contribution in [1.82, 2.24) is 4.98 Å². The summed E-state index contributed by atoms with van der Waals surface area (Å²) in [6, 6.07) is 19.1. The Labute approximate surface area is 198 Å². The molecule has 1 fully saturated rings. The van der Waals surface area contributed by atoms with Crippen molar-refractivity contribution in [2.75, 3.05) is 42.3 Å². The van der Waals surface area contributed by atoms with E-state index in [1.165, 1.54) is 24.9 Å². The topological polar surface area (TPSA) is 65.5 Å². The van der Waals surface area contributed by atoms with E-state index in [2.05, 4.69) is 15.2 Å². The number of aromatic nitrogens is 1. The van der Waals surface area contributed by atoms with Crippen LogP contribution in [0, 0.1) is 0 Å². The van der Waals surface area contributed by atoms with Crippen molar-refractivity contribution in [3.63, 3.8) is 0 Å². The van der Waals surface area contributed by atoms with Crippen molar-refractivity contribution >= 4 is 33.8 Å². The summed E-state index contributed by atoms with van der Waals surface area (Å²) >= 11 is 0. The van der Waals surface area contributed by atoms with E-state index in [0.717, 1.165) is 24.3 Å². The maximum atomic E-state index is 13.2. The molecule has 0 saturated carbocycles. The van der Waals surface area contributed by atoms with Gasteiger partial charge in [-0.3, -0.25) is 9.00 Å². The number of hydrogen-bond acceptors (Lipinski definition) is 5. The fourth-order valence-electron chi connectivity index (χ4n) is 4.13. The van der Waals surface area contributed by atoms with Gasteiger partial charge in [-0.2, -0.15) is 0 Å². The highest BCUT2D eigenvalue weighted by Crippen LogP contribution is 2.24. The van der Waals surface area contributed by atoms with Crippen LogP contribution in [-0.4, -0.2) is 42.3 Å². The Morgan fingerprint density at radius 3 is 2.45 bits per heavy atom. The minimum Gasteiger partial charge on any atom is -0.377 e. The first-order chi connectivity index (χ1) is 16.0. The molecule has 172 valence electrons. The van der Waals surface area contributed by atoms with Gasteiger partial charge in [-0.1, -0.05) is 18.2 Å². The van der Waals surface area contributed by atoms with Gasteiger partial charge in [-0.15, -0.1) is 0 Å². The zero-order valence-corrected chi connectivity index (χ0v) is 20.0. The number of piperidine rings is 1. The summed E-state index contributed by atoms with van der Waals surface area (Å²) in [7, 11) is 2.45. The van der Waals surface area contributed by atoms with Crippen LogP contribution in [0.3, 0.4) is 0 Å². The first-order valence-corrected chi connectivity index (χ1v) is 12.6. The minimum absolute atomic E-state index is 0.288. The number of nitrogens with one attached hydrogen (secondary N) is 1. The van der Waals surface area contributed by atoms with Crippen molar-refractivity contribution in [2.45, 2.75) is 30.0 Å². The second-order valence-corrected chi connectivity index (χ2v) is 9.78. The summed E-state index contributed by atoms with van der Waals surface area (Å²) in [6.45, 7) is 2.15. The average molecular weight is 463 g/mol. The molecule has 4 rings (SSSR count). The van der Waals surface area contributed by atoms with Crippen LogP contribution in [0.15, 0.2) is 71.9 Å². The third-order valence-electron chi connectivity index (χ3n) is 5.84. The largest absolute Gasteiger partial charge is 0.377 e. The fourth-order valence-corrected chi connectivity index (χ4v) is 5.38. The predicted molar refractivity (Wildman–Crippen MR) is 136 cm³/mol. The van der Waals surface area contributed by atoms with Crippen LogP contribution >= 0.6 is 0 Å². The molecular weight excluding hydrogens is 432 g/mol. The maximum Gasteiger partial charge on any atom is 0.258 e. The van der Waals surface area contributed by atoms with Crippen molar-refractivity contribution < 1.29 is 9.00 Å². The van der Waals surface area contributed by atoms with Crippen LogP contribution in [0.2, 0.25) is 0 Å². The monoisotopic (exact) mass is 462 g/mol. The fraction of sp³-hybridized carbons (Fsp3) is 0.308. The Balaban J connectivity index is 1.49. The first kappa shape index (κ1) is 23.0. The van der Waals surface area contributed by atoms with Crippen LogP contribution in [0.5, 0.6) is 0 Å². The number of benzene rings is 2. The Bertz CT molecular complexity index is 1130. The third kappa shape index (κ3) is 5.60. The van der Waals surface area contributed by atoms with E-state index >= 15 is 0 Å². The summed E-state index contributed by atoms with van der Waals surface area (Å²) in [5, 5.41) is 3.24. The number of rotatable bonds is 7. The molecule has 1 atom stereocenters. The van der Waals surface area contributed by atoms with Gasteiger partial charge in [-0.25, -0.2) is 4.98 Å². The second-order valence-electron chi connectivity index (χ2n) is 8.42. The summed E-state index contributed by atoms with van der Waals surface area (Å²) in [5.41, 5.74) is 4.17. The molecule has 0 spiro atoms. The molecule has 3 aromatic rings. The van der Waals surface area contributed by atoms with Gasteiger partial charge in [0.25, 0.3) is 5.91 Å². The average Bonchev–Trinajstić information content (AvgIpc) is 2.85. The van der Waals surface area contributed by atoms with Crippen LogP contribution in [0.1, 0.15) is 35.2 Å². The number of nitrogens with zero attached hydrogens (tertiary/aromatic N) is 3. The van der Waals surface area contributed by atoms with Gasteiger partial charge < -0.3 is 15.1 Å². The number of para-hydroxylation sites is 1. The number of carbonyl (C=O) groups excluding carboxylic acids is 1. The molecule has 0 bridgehead atoms. The van der Waals surface area contributed by atoms with E-state index in [1.807, 2.05) is 67.5 Å². The molecule has 0 radical (unpaired) electrons. The van der Waals surface area contributed by atoms with Gasteiger partial charge >= 0.3 is 0 Å². The number of anilines is 3. The zero-order valence-electron chi connectivity index (χ0n) is 19.2. The van der Waals surface area contributed by atoms with Gasteiger partial charge in [0.2, 0.25) is 0 Å². The molecule has 1 aromatic heterocycles. The Kier molecular flexibility index (Phi) is 7.40. The van der Waals surface area contributed by atoms with E-state index in [1.54, 1.807) is 18.3 Å². The molecule has 1 unspecified atom stereocenters. The molecule has 1 aliphatic heterocycles. The van der Waals surface area contributed by atoms with E-state index in [0.29, 0.717) is 16.3 Å². The third-order valence-corrected chi connectivity index (χ3v) is 7.17. The van der Waals surface area contributed by atoms with Crippen molar-refractivity contribution in [3.05, 3.63) is 78.0 Å². The molecule has 2 heterocycles. The molecular formula is C26H30N4O2S. The highest BCUT2D eigenvalue weighted by atomic mass is 32.2. The van der Waals surface area contributed by atoms with Crippen LogP contribution in [-0.2, 0) is 16.6 Å². The van der Waals surface area contributed by atoms with Crippen LogP contribution in [0.25, 0.3) is 0 Å². The van der Waals surface area contributed by atoms with Gasteiger partial charge in [0.15, 0.2) is 0 Å². The van der Waals surface area contributed by atoms with Crippen molar-refractivity contribution in [1.29, 1.82) is 0 Å². The molecule has 1 aliphatic rings. The number of pyridine rings is 1. The maximum absolute atomic E-state index is 13.2. The lowest BCUT2D eigenvalue weighted by Gasteiger charge is -2.28. The molecule has 1 saturated heterocycles. The molecule has 7 heteroatoms. The minimum atomic E-state index is -1.46. The van der Waals surface area contributed by atoms with Gasteiger partial charge in [0, 0.05) is 50.4 Å². The molecule has 1 amide bonds. The molecule has 0 aliphatic carbocycles. The smallest absolute Gasteiger partial charge is 0.258 e. The summed E-state index contributed by atoms with van der Waals surface area (Å²) < 4.78 is 13.2. The van der Waals surface area contributed by atoms with E-state index in [-0.39, 0.29) is 11.7 Å². The summed E-state index contributed by atoms with van der Waals surface area (Å²) in [6.07, 6.45) is 5.31. The van der Waals surface area contributed by atoms with Gasteiger partial charge in [-0.05, 0) is 67.3 Å². The van der Waals surface area contributed by atoms with Gasteiger partial charge in [0.05, 0.1) is 22.1 Å². The second kappa shape index (κ2) is 10.6. The van der Waals surface area contributed by atoms with Crippen molar-refractivity contribution in [2.24, 2.45) is 0 Å².